The number of aromatic nitrogens is 1. The zero-order valence-corrected chi connectivity index (χ0v) is 10.1. The smallest absolute Gasteiger partial charge is 0.306 e. The average molecular weight is 262 g/mol. The molecule has 1 aromatic rings. The predicted molar refractivity (Wildman–Crippen MR) is 65.7 cm³/mol. The fourth-order valence-corrected chi connectivity index (χ4v) is 3.07. The molecule has 0 spiro atoms. The van der Waals surface area contributed by atoms with Gasteiger partial charge >= 0.3 is 5.97 Å². The summed E-state index contributed by atoms with van der Waals surface area (Å²) >= 11 is 0. The highest BCUT2D eigenvalue weighted by Crippen LogP contribution is 2.55. The molecule has 2 saturated carbocycles. The molecule has 1 heterocycles. The zero-order valence-electron chi connectivity index (χ0n) is 10.1. The Bertz CT molecular complexity index is 594. The fourth-order valence-electron chi connectivity index (χ4n) is 3.07. The second kappa shape index (κ2) is 4.22. The zero-order chi connectivity index (χ0) is 13.6. The number of aliphatic carboxylic acids is 1. The van der Waals surface area contributed by atoms with Crippen molar-refractivity contribution in [2.45, 2.75) is 18.9 Å². The van der Waals surface area contributed by atoms with Crippen molar-refractivity contribution in [3.05, 3.63) is 34.2 Å². The van der Waals surface area contributed by atoms with Crippen LogP contribution in [0.5, 0.6) is 0 Å². The van der Waals surface area contributed by atoms with Crippen molar-refractivity contribution in [2.24, 2.45) is 17.8 Å². The van der Waals surface area contributed by atoms with E-state index in [1.54, 1.807) is 0 Å². The maximum absolute atomic E-state index is 12.0. The van der Waals surface area contributed by atoms with Crippen LogP contribution in [0.4, 0.5) is 0 Å². The summed E-state index contributed by atoms with van der Waals surface area (Å²) in [5, 5.41) is 11.9. The van der Waals surface area contributed by atoms with Crippen LogP contribution < -0.4 is 10.9 Å². The number of hydrogen-bond donors (Lipinski definition) is 3. The molecular weight excluding hydrogens is 248 g/mol. The second-order valence-electron chi connectivity index (χ2n) is 5.27. The summed E-state index contributed by atoms with van der Waals surface area (Å²) in [7, 11) is 0. The van der Waals surface area contributed by atoms with Gasteiger partial charge in [-0.05, 0) is 30.7 Å². The lowest BCUT2D eigenvalue weighted by atomic mass is 10.0. The molecule has 0 aromatic carbocycles. The number of aromatic amines is 1. The van der Waals surface area contributed by atoms with Gasteiger partial charge in [0, 0.05) is 23.9 Å². The number of carboxylic acids is 1. The van der Waals surface area contributed by atoms with E-state index in [1.165, 1.54) is 18.3 Å². The third-order valence-electron chi connectivity index (χ3n) is 4.10. The summed E-state index contributed by atoms with van der Waals surface area (Å²) in [6.07, 6.45) is 2.78. The highest BCUT2D eigenvalue weighted by atomic mass is 16.4. The Morgan fingerprint density at radius 3 is 2.74 bits per heavy atom. The van der Waals surface area contributed by atoms with E-state index < -0.39 is 5.97 Å². The summed E-state index contributed by atoms with van der Waals surface area (Å²) in [6.45, 7) is 0. The summed E-state index contributed by atoms with van der Waals surface area (Å²) in [4.78, 5) is 36.6. The van der Waals surface area contributed by atoms with Gasteiger partial charge in [0.05, 0.1) is 5.92 Å². The van der Waals surface area contributed by atoms with Crippen molar-refractivity contribution < 1.29 is 14.7 Å². The van der Waals surface area contributed by atoms with Gasteiger partial charge < -0.3 is 15.4 Å². The van der Waals surface area contributed by atoms with Crippen molar-refractivity contribution >= 4 is 11.9 Å². The molecule has 19 heavy (non-hydrogen) atoms. The molecule has 0 radical (unpaired) electrons. The van der Waals surface area contributed by atoms with Crippen LogP contribution in [0.2, 0.25) is 0 Å². The SMILES string of the molecule is O=C(N[C@H]1C[C@@H](C(=O)O)[C@@H]2C[C@@H]21)c1cc[nH]c(=O)c1. The van der Waals surface area contributed by atoms with Crippen LogP contribution in [0.15, 0.2) is 23.1 Å². The lowest BCUT2D eigenvalue weighted by Crippen LogP contribution is -2.36. The molecule has 4 atom stereocenters. The molecule has 2 aliphatic carbocycles. The minimum atomic E-state index is -0.777. The number of carbonyl (C=O) groups is 2. The largest absolute Gasteiger partial charge is 0.481 e. The molecule has 2 aliphatic rings. The van der Waals surface area contributed by atoms with Gasteiger partial charge in [-0.2, -0.15) is 0 Å². The number of carbonyl (C=O) groups excluding carboxylic acids is 1. The number of carboxylic acid groups (broad SMARTS) is 1. The topological polar surface area (TPSA) is 99.3 Å². The number of hydrogen-bond acceptors (Lipinski definition) is 3. The van der Waals surface area contributed by atoms with E-state index in [4.69, 9.17) is 5.11 Å². The van der Waals surface area contributed by atoms with Crippen LogP contribution >= 0.6 is 0 Å². The molecule has 6 nitrogen and oxygen atoms in total. The van der Waals surface area contributed by atoms with Gasteiger partial charge in [0.25, 0.3) is 5.91 Å². The summed E-state index contributed by atoms with van der Waals surface area (Å²) < 4.78 is 0. The number of amides is 1. The fraction of sp³-hybridized carbons (Fsp3) is 0.462. The maximum atomic E-state index is 12.0. The Morgan fingerprint density at radius 2 is 2.11 bits per heavy atom. The number of rotatable bonds is 3. The standard InChI is InChI=1S/C13H14N2O4/c16-11-3-6(1-2-14-11)12(17)15-10-5-9(13(18)19)7-4-8(7)10/h1-3,7-10H,4-5H2,(H,14,16)(H,15,17)(H,18,19)/t7-,8+,9-,10+/m1/s1. The first-order chi connectivity index (χ1) is 9.06. The van der Waals surface area contributed by atoms with Gasteiger partial charge in [-0.15, -0.1) is 0 Å². The first-order valence-electron chi connectivity index (χ1n) is 6.28. The molecule has 3 N–H and O–H groups in total. The molecule has 1 amide bonds. The van der Waals surface area contributed by atoms with Crippen LogP contribution in [0.1, 0.15) is 23.2 Å². The van der Waals surface area contributed by atoms with Crippen molar-refractivity contribution in [1.29, 1.82) is 0 Å². The minimum absolute atomic E-state index is 0.0853. The Labute approximate surface area is 108 Å². The molecular formula is C13H14N2O4. The van der Waals surface area contributed by atoms with Gasteiger partial charge in [-0.25, -0.2) is 0 Å². The van der Waals surface area contributed by atoms with Crippen LogP contribution in [0.3, 0.4) is 0 Å². The van der Waals surface area contributed by atoms with E-state index in [0.717, 1.165) is 6.42 Å². The number of pyridine rings is 1. The molecule has 0 aliphatic heterocycles. The third-order valence-corrected chi connectivity index (χ3v) is 4.10. The van der Waals surface area contributed by atoms with Gasteiger partial charge in [-0.1, -0.05) is 0 Å². The Kier molecular flexibility index (Phi) is 2.66. The van der Waals surface area contributed by atoms with Crippen molar-refractivity contribution in [1.82, 2.24) is 10.3 Å². The maximum Gasteiger partial charge on any atom is 0.306 e. The van der Waals surface area contributed by atoms with E-state index in [2.05, 4.69) is 10.3 Å². The first-order valence-corrected chi connectivity index (χ1v) is 6.28. The number of nitrogens with one attached hydrogen (secondary N) is 2. The average Bonchev–Trinajstić information content (AvgIpc) is 3.07. The van der Waals surface area contributed by atoms with Crippen LogP contribution in [0, 0.1) is 17.8 Å². The summed E-state index contributed by atoms with van der Waals surface area (Å²) in [6, 6.07) is 2.69. The Balaban J connectivity index is 1.68. The van der Waals surface area contributed by atoms with E-state index >= 15 is 0 Å². The molecule has 1 aromatic heterocycles. The van der Waals surface area contributed by atoms with Crippen LogP contribution in [-0.4, -0.2) is 28.0 Å². The summed E-state index contributed by atoms with van der Waals surface area (Å²) in [5.74, 6) is -0.934. The number of H-pyrrole nitrogens is 1. The lowest BCUT2D eigenvalue weighted by molar-refractivity contribution is -0.142. The molecule has 0 saturated heterocycles. The third kappa shape index (κ3) is 2.14. The van der Waals surface area contributed by atoms with E-state index in [9.17, 15) is 14.4 Å². The van der Waals surface area contributed by atoms with Crippen LogP contribution in [-0.2, 0) is 4.79 Å². The first kappa shape index (κ1) is 12.0. The molecule has 100 valence electrons. The highest BCUT2D eigenvalue weighted by Gasteiger charge is 2.57. The quantitative estimate of drug-likeness (QED) is 0.725. The predicted octanol–water partition coefficient (Wildman–Crippen LogP) is 0.214. The lowest BCUT2D eigenvalue weighted by Gasteiger charge is -2.15. The minimum Gasteiger partial charge on any atom is -0.481 e. The number of fused-ring (bicyclic) bond motifs is 1. The van der Waals surface area contributed by atoms with Gasteiger partial charge in [0.1, 0.15) is 0 Å². The molecule has 6 heteroatoms. The van der Waals surface area contributed by atoms with Crippen molar-refractivity contribution in [3.63, 3.8) is 0 Å². The molecule has 0 unspecified atom stereocenters. The molecule has 3 rings (SSSR count). The van der Waals surface area contributed by atoms with Crippen molar-refractivity contribution in [2.75, 3.05) is 0 Å². The van der Waals surface area contributed by atoms with Gasteiger partial charge in [-0.3, -0.25) is 14.4 Å². The van der Waals surface area contributed by atoms with Gasteiger partial charge in [0.15, 0.2) is 0 Å². The molecule has 2 fully saturated rings. The van der Waals surface area contributed by atoms with Crippen molar-refractivity contribution in [3.8, 4) is 0 Å². The molecule has 0 bridgehead atoms. The Hall–Kier alpha value is -2.11. The van der Waals surface area contributed by atoms with E-state index in [1.807, 2.05) is 0 Å². The van der Waals surface area contributed by atoms with E-state index in [0.29, 0.717) is 12.0 Å². The van der Waals surface area contributed by atoms with E-state index in [-0.39, 0.29) is 35.3 Å². The Morgan fingerprint density at radius 1 is 1.32 bits per heavy atom. The van der Waals surface area contributed by atoms with Gasteiger partial charge in [0.2, 0.25) is 5.56 Å². The van der Waals surface area contributed by atoms with Crippen LogP contribution in [0.25, 0.3) is 0 Å². The monoisotopic (exact) mass is 262 g/mol. The normalized spacial score (nSPS) is 31.6. The summed E-state index contributed by atoms with van der Waals surface area (Å²) in [5.41, 5.74) is -0.0218. The highest BCUT2D eigenvalue weighted by molar-refractivity contribution is 5.94. The second-order valence-corrected chi connectivity index (χ2v) is 5.27.